The third kappa shape index (κ3) is 2.28. The summed E-state index contributed by atoms with van der Waals surface area (Å²) in [5.74, 6) is -0.320. The van der Waals surface area contributed by atoms with Gasteiger partial charge in [0.15, 0.2) is 0 Å². The number of esters is 1. The molecule has 0 spiro atoms. The number of rotatable bonds is 4. The molecular formula is C12H18O3. The molecule has 1 aliphatic carbocycles. The van der Waals surface area contributed by atoms with Crippen LogP contribution in [0.5, 0.6) is 0 Å². The van der Waals surface area contributed by atoms with Crippen molar-refractivity contribution in [2.75, 3.05) is 6.61 Å². The van der Waals surface area contributed by atoms with Crippen molar-refractivity contribution >= 4 is 11.8 Å². The predicted octanol–water partition coefficient (Wildman–Crippen LogP) is 2.26. The summed E-state index contributed by atoms with van der Waals surface area (Å²) in [5, 5.41) is 0. The van der Waals surface area contributed by atoms with Crippen LogP contribution in [-0.2, 0) is 14.3 Å². The maximum atomic E-state index is 11.8. The minimum Gasteiger partial charge on any atom is -0.461 e. The molecule has 0 aromatic carbocycles. The zero-order chi connectivity index (χ0) is 11.3. The number of hydrogen-bond donors (Lipinski definition) is 0. The Kier molecular flexibility index (Phi) is 4.06. The molecule has 0 N–H and O–H groups in total. The summed E-state index contributed by atoms with van der Waals surface area (Å²) in [5.41, 5.74) is -0.860. The number of ketones is 1. The molecule has 0 aromatic heterocycles. The summed E-state index contributed by atoms with van der Waals surface area (Å²) < 4.78 is 5.02. The predicted molar refractivity (Wildman–Crippen MR) is 57.4 cm³/mol. The fraction of sp³-hybridized carbons (Fsp3) is 0.667. The van der Waals surface area contributed by atoms with Crippen molar-refractivity contribution in [3.05, 3.63) is 12.7 Å². The first-order valence-electron chi connectivity index (χ1n) is 5.49. The van der Waals surface area contributed by atoms with Crippen LogP contribution in [0.1, 0.15) is 39.0 Å². The van der Waals surface area contributed by atoms with Crippen LogP contribution in [-0.4, -0.2) is 18.4 Å². The summed E-state index contributed by atoms with van der Waals surface area (Å²) in [4.78, 5) is 23.7. The lowest BCUT2D eigenvalue weighted by molar-refractivity contribution is -0.161. The van der Waals surface area contributed by atoms with Crippen molar-refractivity contribution in [2.45, 2.75) is 39.0 Å². The monoisotopic (exact) mass is 210 g/mol. The standard InChI is InChI=1S/C12H18O3/c1-3-9-15-11(14)12(4-2)8-6-5-7-10(12)13/h3H,1,4-9H2,2H3. The summed E-state index contributed by atoms with van der Waals surface area (Å²) in [6, 6.07) is 0. The molecule has 1 unspecified atom stereocenters. The van der Waals surface area contributed by atoms with Crippen molar-refractivity contribution < 1.29 is 14.3 Å². The Balaban J connectivity index is 2.77. The topological polar surface area (TPSA) is 43.4 Å². The van der Waals surface area contributed by atoms with E-state index in [0.29, 0.717) is 19.3 Å². The lowest BCUT2D eigenvalue weighted by Crippen LogP contribution is -2.42. The maximum Gasteiger partial charge on any atom is 0.319 e. The lowest BCUT2D eigenvalue weighted by Gasteiger charge is -2.32. The van der Waals surface area contributed by atoms with Gasteiger partial charge in [-0.25, -0.2) is 0 Å². The second-order valence-electron chi connectivity index (χ2n) is 3.95. The number of hydrogen-bond acceptors (Lipinski definition) is 3. The Labute approximate surface area is 90.5 Å². The van der Waals surface area contributed by atoms with Gasteiger partial charge in [0, 0.05) is 6.42 Å². The summed E-state index contributed by atoms with van der Waals surface area (Å²) in [7, 11) is 0. The third-order valence-electron chi connectivity index (χ3n) is 3.12. The Hall–Kier alpha value is -1.12. The van der Waals surface area contributed by atoms with Crippen LogP contribution in [0, 0.1) is 5.41 Å². The maximum absolute atomic E-state index is 11.8. The first kappa shape index (κ1) is 12.0. The fourth-order valence-corrected chi connectivity index (χ4v) is 2.10. The van der Waals surface area contributed by atoms with Crippen molar-refractivity contribution in [3.63, 3.8) is 0 Å². The van der Waals surface area contributed by atoms with Crippen molar-refractivity contribution in [2.24, 2.45) is 5.41 Å². The normalized spacial score (nSPS) is 26.1. The van der Waals surface area contributed by atoms with Gasteiger partial charge in [0.05, 0.1) is 0 Å². The number of carbonyl (C=O) groups excluding carboxylic acids is 2. The Morgan fingerprint density at radius 1 is 1.60 bits per heavy atom. The van der Waals surface area contributed by atoms with E-state index in [4.69, 9.17) is 4.74 Å². The molecule has 0 aromatic rings. The molecule has 3 nitrogen and oxygen atoms in total. The molecule has 0 aliphatic heterocycles. The summed E-state index contributed by atoms with van der Waals surface area (Å²) in [6.45, 7) is 5.54. The van der Waals surface area contributed by atoms with Crippen LogP contribution in [0.2, 0.25) is 0 Å². The van der Waals surface area contributed by atoms with Crippen LogP contribution in [0.4, 0.5) is 0 Å². The SMILES string of the molecule is C=CCOC(=O)C1(CC)CCCCC1=O. The van der Waals surface area contributed by atoms with Gasteiger partial charge in [-0.2, -0.15) is 0 Å². The smallest absolute Gasteiger partial charge is 0.319 e. The van der Waals surface area contributed by atoms with E-state index in [2.05, 4.69) is 6.58 Å². The average Bonchev–Trinajstić information content (AvgIpc) is 2.27. The Morgan fingerprint density at radius 3 is 2.87 bits per heavy atom. The van der Waals surface area contributed by atoms with Crippen molar-refractivity contribution in [3.8, 4) is 0 Å². The van der Waals surface area contributed by atoms with E-state index < -0.39 is 5.41 Å². The van der Waals surface area contributed by atoms with Crippen LogP contribution >= 0.6 is 0 Å². The first-order valence-corrected chi connectivity index (χ1v) is 5.49. The van der Waals surface area contributed by atoms with E-state index in [-0.39, 0.29) is 18.4 Å². The largest absolute Gasteiger partial charge is 0.461 e. The van der Waals surface area contributed by atoms with Gasteiger partial charge in [-0.3, -0.25) is 9.59 Å². The molecule has 0 saturated heterocycles. The van der Waals surface area contributed by atoms with Crippen LogP contribution < -0.4 is 0 Å². The molecule has 1 atom stereocenters. The highest BCUT2D eigenvalue weighted by Gasteiger charge is 2.46. The highest BCUT2D eigenvalue weighted by atomic mass is 16.5. The number of Topliss-reactive ketones (excluding diaryl/α,β-unsaturated/α-hetero) is 1. The third-order valence-corrected chi connectivity index (χ3v) is 3.12. The van der Waals surface area contributed by atoms with Gasteiger partial charge in [0.25, 0.3) is 0 Å². The van der Waals surface area contributed by atoms with Crippen LogP contribution in [0.3, 0.4) is 0 Å². The molecule has 0 heterocycles. The number of carbonyl (C=O) groups is 2. The molecule has 15 heavy (non-hydrogen) atoms. The Bertz CT molecular complexity index is 270. The zero-order valence-electron chi connectivity index (χ0n) is 9.25. The molecule has 1 rings (SSSR count). The highest BCUT2D eigenvalue weighted by Crippen LogP contribution is 2.37. The van der Waals surface area contributed by atoms with Gasteiger partial charge in [-0.15, -0.1) is 0 Å². The molecule has 3 heteroatoms. The molecule has 0 amide bonds. The second-order valence-corrected chi connectivity index (χ2v) is 3.95. The highest BCUT2D eigenvalue weighted by molar-refractivity contribution is 6.04. The minimum absolute atomic E-state index is 0.0466. The molecule has 1 fully saturated rings. The van der Waals surface area contributed by atoms with E-state index in [9.17, 15) is 9.59 Å². The van der Waals surface area contributed by atoms with E-state index in [1.807, 2.05) is 6.92 Å². The number of ether oxygens (including phenoxy) is 1. The van der Waals surface area contributed by atoms with Gasteiger partial charge in [-0.1, -0.05) is 26.0 Å². The molecule has 1 aliphatic rings. The fourth-order valence-electron chi connectivity index (χ4n) is 2.10. The molecule has 1 saturated carbocycles. The van der Waals surface area contributed by atoms with Gasteiger partial charge < -0.3 is 4.74 Å². The second kappa shape index (κ2) is 5.10. The Morgan fingerprint density at radius 2 is 2.33 bits per heavy atom. The lowest BCUT2D eigenvalue weighted by atomic mass is 9.71. The molecule has 0 bridgehead atoms. The van der Waals surface area contributed by atoms with E-state index in [1.54, 1.807) is 0 Å². The van der Waals surface area contributed by atoms with Crippen LogP contribution in [0.15, 0.2) is 12.7 Å². The van der Waals surface area contributed by atoms with Gasteiger partial charge >= 0.3 is 5.97 Å². The zero-order valence-corrected chi connectivity index (χ0v) is 9.25. The quantitative estimate of drug-likeness (QED) is 0.406. The average molecular weight is 210 g/mol. The van der Waals surface area contributed by atoms with Gasteiger partial charge in [0.2, 0.25) is 0 Å². The van der Waals surface area contributed by atoms with Crippen LogP contribution in [0.25, 0.3) is 0 Å². The molecule has 84 valence electrons. The van der Waals surface area contributed by atoms with Gasteiger partial charge in [0.1, 0.15) is 17.8 Å². The molecular weight excluding hydrogens is 192 g/mol. The minimum atomic E-state index is -0.860. The van der Waals surface area contributed by atoms with E-state index >= 15 is 0 Å². The first-order chi connectivity index (χ1) is 7.17. The van der Waals surface area contributed by atoms with Crippen molar-refractivity contribution in [1.29, 1.82) is 0 Å². The van der Waals surface area contributed by atoms with Crippen molar-refractivity contribution in [1.82, 2.24) is 0 Å². The molecule has 0 radical (unpaired) electrons. The summed E-state index contributed by atoms with van der Waals surface area (Å²) in [6.07, 6.45) is 5.05. The van der Waals surface area contributed by atoms with E-state index in [1.165, 1.54) is 6.08 Å². The summed E-state index contributed by atoms with van der Waals surface area (Å²) >= 11 is 0. The van der Waals surface area contributed by atoms with E-state index in [0.717, 1.165) is 12.8 Å². The van der Waals surface area contributed by atoms with Gasteiger partial charge in [-0.05, 0) is 19.3 Å².